The number of carbonyl (C=O) groups is 1. The highest BCUT2D eigenvalue weighted by molar-refractivity contribution is 5.75. The molecule has 2 aromatic heterocycles. The van der Waals surface area contributed by atoms with Crippen molar-refractivity contribution in [2.75, 3.05) is 51.3 Å². The van der Waals surface area contributed by atoms with Crippen molar-refractivity contribution in [2.45, 2.75) is 19.9 Å². The Bertz CT molecular complexity index is 878. The maximum absolute atomic E-state index is 12.0. The summed E-state index contributed by atoms with van der Waals surface area (Å²) in [6.07, 6.45) is 3.57. The van der Waals surface area contributed by atoms with Gasteiger partial charge in [0.25, 0.3) is 5.56 Å². The zero-order chi connectivity index (χ0) is 20.6. The molecule has 3 heterocycles. The van der Waals surface area contributed by atoms with E-state index < -0.39 is 0 Å². The molecule has 0 bridgehead atoms. The highest BCUT2D eigenvalue weighted by atomic mass is 16.5. The van der Waals surface area contributed by atoms with Crippen LogP contribution < -0.4 is 20.5 Å². The van der Waals surface area contributed by atoms with Crippen LogP contribution in [0, 0.1) is 0 Å². The fraction of sp³-hybridized carbons (Fsp3) is 0.526. The summed E-state index contributed by atoms with van der Waals surface area (Å²) in [5.41, 5.74) is 0.474. The van der Waals surface area contributed by atoms with Gasteiger partial charge in [-0.25, -0.2) is 15.0 Å². The Hall–Kier alpha value is -3.01. The maximum Gasteiger partial charge on any atom is 0.253 e. The van der Waals surface area contributed by atoms with Crippen molar-refractivity contribution in [1.82, 2.24) is 29.7 Å². The molecule has 1 aliphatic rings. The van der Waals surface area contributed by atoms with Crippen LogP contribution in [-0.2, 0) is 17.8 Å². The Kier molecular flexibility index (Phi) is 7.12. The maximum atomic E-state index is 12.0. The van der Waals surface area contributed by atoms with E-state index in [0.717, 1.165) is 32.0 Å². The van der Waals surface area contributed by atoms with Gasteiger partial charge < -0.3 is 19.9 Å². The number of anilines is 1. The quantitative estimate of drug-likeness (QED) is 0.593. The van der Waals surface area contributed by atoms with Crippen LogP contribution in [0.3, 0.4) is 0 Å². The van der Waals surface area contributed by atoms with Gasteiger partial charge in [-0.1, -0.05) is 6.92 Å². The van der Waals surface area contributed by atoms with Crippen molar-refractivity contribution in [1.29, 1.82) is 0 Å². The van der Waals surface area contributed by atoms with Crippen molar-refractivity contribution in [3.05, 3.63) is 40.8 Å². The van der Waals surface area contributed by atoms with E-state index in [2.05, 4.69) is 37.1 Å². The molecule has 1 N–H and O–H groups in total. The van der Waals surface area contributed by atoms with Crippen LogP contribution in [0.1, 0.15) is 12.6 Å². The van der Waals surface area contributed by atoms with Crippen molar-refractivity contribution >= 4 is 11.7 Å². The fourth-order valence-electron chi connectivity index (χ4n) is 2.95. The molecule has 1 amide bonds. The number of hydrogen-bond donors (Lipinski definition) is 1. The van der Waals surface area contributed by atoms with Crippen molar-refractivity contribution in [3.8, 4) is 5.88 Å². The zero-order valence-corrected chi connectivity index (χ0v) is 16.9. The number of likely N-dealkylation sites (N-methyl/N-ethyl adjacent to an activating group) is 1. The molecule has 29 heavy (non-hydrogen) atoms. The zero-order valence-electron chi connectivity index (χ0n) is 16.9. The highest BCUT2D eigenvalue weighted by Gasteiger charge is 2.16. The molecule has 10 heteroatoms. The summed E-state index contributed by atoms with van der Waals surface area (Å²) in [6, 6.07) is 3.26. The molecule has 0 aliphatic carbocycles. The molecule has 0 unspecified atom stereocenters. The number of hydrogen-bond acceptors (Lipinski definition) is 8. The average molecular weight is 401 g/mol. The van der Waals surface area contributed by atoms with Crippen LogP contribution in [0.25, 0.3) is 0 Å². The topological polar surface area (TPSA) is 105 Å². The molecular weight excluding hydrogens is 374 g/mol. The Morgan fingerprint density at radius 2 is 1.97 bits per heavy atom. The molecule has 0 radical (unpaired) electrons. The Balaban J connectivity index is 1.43. The molecular formula is C19H27N7O3. The molecule has 0 spiro atoms. The van der Waals surface area contributed by atoms with Gasteiger partial charge in [-0.2, -0.15) is 0 Å². The minimum Gasteiger partial charge on any atom is -0.476 e. The van der Waals surface area contributed by atoms with E-state index in [1.54, 1.807) is 0 Å². The third kappa shape index (κ3) is 5.98. The second kappa shape index (κ2) is 9.97. The van der Waals surface area contributed by atoms with Gasteiger partial charge in [0.2, 0.25) is 11.8 Å². The van der Waals surface area contributed by atoms with Crippen LogP contribution in [0.4, 0.5) is 5.82 Å². The normalized spacial score (nSPS) is 14.6. The van der Waals surface area contributed by atoms with Gasteiger partial charge in [-0.3, -0.25) is 14.2 Å². The predicted octanol–water partition coefficient (Wildman–Crippen LogP) is -0.457. The summed E-state index contributed by atoms with van der Waals surface area (Å²) in [7, 11) is 2.10. The number of nitrogens with one attached hydrogen (secondary N) is 1. The molecule has 3 rings (SSSR count). The number of piperazine rings is 1. The molecule has 1 fully saturated rings. The van der Waals surface area contributed by atoms with Crippen molar-refractivity contribution < 1.29 is 9.53 Å². The minimum absolute atomic E-state index is 0.0725. The van der Waals surface area contributed by atoms with E-state index in [9.17, 15) is 9.59 Å². The fourth-order valence-corrected chi connectivity index (χ4v) is 2.95. The summed E-state index contributed by atoms with van der Waals surface area (Å²) in [6.45, 7) is 6.24. The van der Waals surface area contributed by atoms with Gasteiger partial charge in [0, 0.05) is 44.0 Å². The second-order valence-corrected chi connectivity index (χ2v) is 6.90. The second-order valence-electron chi connectivity index (χ2n) is 6.90. The predicted molar refractivity (Wildman–Crippen MR) is 108 cm³/mol. The van der Waals surface area contributed by atoms with E-state index in [1.165, 1.54) is 23.3 Å². The highest BCUT2D eigenvalue weighted by Crippen LogP contribution is 2.17. The molecule has 10 nitrogen and oxygen atoms in total. The van der Waals surface area contributed by atoms with E-state index >= 15 is 0 Å². The third-order valence-electron chi connectivity index (χ3n) is 4.74. The summed E-state index contributed by atoms with van der Waals surface area (Å²) in [5, 5.41) is 2.73. The largest absolute Gasteiger partial charge is 0.476 e. The number of rotatable bonds is 8. The SMILES string of the molecule is CCc1cc(=O)n(CC(=O)NCCOc2cc(N3CCN(C)CC3)ncn2)cn1. The first-order valence-corrected chi connectivity index (χ1v) is 9.75. The molecule has 0 atom stereocenters. The lowest BCUT2D eigenvalue weighted by molar-refractivity contribution is -0.121. The number of aromatic nitrogens is 4. The monoisotopic (exact) mass is 401 g/mol. The number of aryl methyl sites for hydroxylation is 1. The molecule has 1 aliphatic heterocycles. The summed E-state index contributed by atoms with van der Waals surface area (Å²) in [5.74, 6) is 1.04. The number of carbonyl (C=O) groups excluding carboxylic acids is 1. The first-order chi connectivity index (χ1) is 14.0. The number of nitrogens with zero attached hydrogens (tertiary/aromatic N) is 6. The smallest absolute Gasteiger partial charge is 0.253 e. The van der Waals surface area contributed by atoms with E-state index in [-0.39, 0.29) is 24.6 Å². The summed E-state index contributed by atoms with van der Waals surface area (Å²) >= 11 is 0. The van der Waals surface area contributed by atoms with E-state index in [0.29, 0.717) is 24.5 Å². The van der Waals surface area contributed by atoms with Gasteiger partial charge in [-0.15, -0.1) is 0 Å². The summed E-state index contributed by atoms with van der Waals surface area (Å²) in [4.78, 5) is 41.0. The van der Waals surface area contributed by atoms with Gasteiger partial charge in [0.15, 0.2) is 0 Å². The van der Waals surface area contributed by atoms with Gasteiger partial charge in [-0.05, 0) is 13.5 Å². The number of amides is 1. The molecule has 2 aromatic rings. The summed E-state index contributed by atoms with van der Waals surface area (Å²) < 4.78 is 6.91. The van der Waals surface area contributed by atoms with Crippen LogP contribution >= 0.6 is 0 Å². The van der Waals surface area contributed by atoms with Crippen LogP contribution in [0.5, 0.6) is 5.88 Å². The number of ether oxygens (including phenoxy) is 1. The van der Waals surface area contributed by atoms with Gasteiger partial charge >= 0.3 is 0 Å². The standard InChI is InChI=1S/C19H27N7O3/c1-3-15-10-19(28)26(14-23-15)12-17(27)20-4-9-29-18-11-16(21-13-22-18)25-7-5-24(2)6-8-25/h10-11,13-14H,3-9,12H2,1-2H3,(H,20,27). The van der Waals surface area contributed by atoms with Crippen LogP contribution in [0.15, 0.2) is 29.6 Å². The molecule has 1 saturated heterocycles. The van der Waals surface area contributed by atoms with E-state index in [4.69, 9.17) is 4.74 Å². The van der Waals surface area contributed by atoms with Crippen LogP contribution in [0.2, 0.25) is 0 Å². The molecule has 0 aromatic carbocycles. The first-order valence-electron chi connectivity index (χ1n) is 9.75. The lowest BCUT2D eigenvalue weighted by Crippen LogP contribution is -2.44. The Morgan fingerprint density at radius 1 is 1.17 bits per heavy atom. The first kappa shape index (κ1) is 20.7. The van der Waals surface area contributed by atoms with Crippen molar-refractivity contribution in [3.63, 3.8) is 0 Å². The average Bonchev–Trinajstić information content (AvgIpc) is 2.73. The van der Waals surface area contributed by atoms with Gasteiger partial charge in [0.05, 0.1) is 12.9 Å². The molecule has 0 saturated carbocycles. The molecule has 156 valence electrons. The lowest BCUT2D eigenvalue weighted by atomic mass is 10.3. The van der Waals surface area contributed by atoms with Gasteiger partial charge in [0.1, 0.15) is 25.3 Å². The Labute approximate surface area is 169 Å². The van der Waals surface area contributed by atoms with E-state index in [1.807, 2.05) is 13.0 Å². The Morgan fingerprint density at radius 3 is 2.69 bits per heavy atom. The minimum atomic E-state index is -0.275. The lowest BCUT2D eigenvalue weighted by Gasteiger charge is -2.33. The third-order valence-corrected chi connectivity index (χ3v) is 4.74. The van der Waals surface area contributed by atoms with Crippen LogP contribution in [-0.4, -0.2) is 76.7 Å². The van der Waals surface area contributed by atoms with Crippen molar-refractivity contribution in [2.24, 2.45) is 0 Å².